The molecule has 1 rings (SSSR count). The number of ketones is 1. The summed E-state index contributed by atoms with van der Waals surface area (Å²) in [6.45, 7) is 5.31. The van der Waals surface area contributed by atoms with E-state index >= 15 is 0 Å². The minimum absolute atomic E-state index is 0.171. The monoisotopic (exact) mass is 242 g/mol. The van der Waals surface area contributed by atoms with Crippen LogP contribution in [0.2, 0.25) is 0 Å². The third-order valence-corrected chi connectivity index (χ3v) is 2.53. The molecule has 0 radical (unpaired) electrons. The summed E-state index contributed by atoms with van der Waals surface area (Å²) >= 11 is 0. The molecule has 0 aromatic heterocycles. The summed E-state index contributed by atoms with van der Waals surface area (Å²) < 4.78 is 30.9. The van der Waals surface area contributed by atoms with E-state index in [9.17, 15) is 13.6 Å². The zero-order chi connectivity index (χ0) is 13.0. The molecule has 0 heterocycles. The highest BCUT2D eigenvalue weighted by molar-refractivity contribution is 5.96. The first-order chi connectivity index (χ1) is 8.01. The van der Waals surface area contributed by atoms with Crippen LogP contribution in [0, 0.1) is 0 Å². The summed E-state index contributed by atoms with van der Waals surface area (Å²) in [5, 5.41) is 0. The highest BCUT2D eigenvalue weighted by Gasteiger charge is 2.18. The van der Waals surface area contributed by atoms with Crippen LogP contribution in [0.5, 0.6) is 5.75 Å². The van der Waals surface area contributed by atoms with E-state index in [1.54, 1.807) is 13.0 Å². The van der Waals surface area contributed by atoms with Gasteiger partial charge in [-0.25, -0.2) is 8.78 Å². The molecule has 0 amide bonds. The summed E-state index contributed by atoms with van der Waals surface area (Å²) in [5.74, 6) is -0.0313. The lowest BCUT2D eigenvalue weighted by Crippen LogP contribution is -2.04. The second kappa shape index (κ2) is 5.75. The van der Waals surface area contributed by atoms with Crippen molar-refractivity contribution in [1.82, 2.24) is 0 Å². The first-order valence-corrected chi connectivity index (χ1v) is 5.59. The third-order valence-electron chi connectivity index (χ3n) is 2.53. The van der Waals surface area contributed by atoms with Gasteiger partial charge in [-0.1, -0.05) is 6.92 Å². The lowest BCUT2D eigenvalue weighted by molar-refractivity contribution is 0.101. The first kappa shape index (κ1) is 13.6. The number of benzene rings is 1. The lowest BCUT2D eigenvalue weighted by Gasteiger charge is -2.14. The van der Waals surface area contributed by atoms with Gasteiger partial charge in [0.25, 0.3) is 6.43 Å². The highest BCUT2D eigenvalue weighted by atomic mass is 19.3. The fourth-order valence-electron chi connectivity index (χ4n) is 1.71. The lowest BCUT2D eigenvalue weighted by atomic mass is 9.98. The summed E-state index contributed by atoms with van der Waals surface area (Å²) in [6, 6.07) is 2.79. The highest BCUT2D eigenvalue weighted by Crippen LogP contribution is 2.32. The molecule has 94 valence electrons. The molecule has 17 heavy (non-hydrogen) atoms. The van der Waals surface area contributed by atoms with E-state index in [-0.39, 0.29) is 17.1 Å². The van der Waals surface area contributed by atoms with Gasteiger partial charge in [0, 0.05) is 5.56 Å². The van der Waals surface area contributed by atoms with Crippen molar-refractivity contribution >= 4 is 5.78 Å². The van der Waals surface area contributed by atoms with Crippen molar-refractivity contribution in [1.29, 1.82) is 0 Å². The van der Waals surface area contributed by atoms with Crippen LogP contribution >= 0.6 is 0 Å². The Bertz CT molecular complexity index is 414. The average Bonchev–Trinajstić information content (AvgIpc) is 2.28. The van der Waals surface area contributed by atoms with Crippen molar-refractivity contribution in [2.45, 2.75) is 33.6 Å². The van der Waals surface area contributed by atoms with Crippen LogP contribution < -0.4 is 4.74 Å². The number of rotatable bonds is 5. The Morgan fingerprint density at radius 1 is 1.35 bits per heavy atom. The van der Waals surface area contributed by atoms with Gasteiger partial charge in [0.2, 0.25) is 0 Å². The zero-order valence-electron chi connectivity index (χ0n) is 10.2. The number of hydrogen-bond donors (Lipinski definition) is 0. The molecule has 0 unspecified atom stereocenters. The zero-order valence-corrected chi connectivity index (χ0v) is 10.2. The van der Waals surface area contributed by atoms with Gasteiger partial charge in [-0.3, -0.25) is 4.79 Å². The summed E-state index contributed by atoms with van der Waals surface area (Å²) in [5.41, 5.74) is 0.880. The van der Waals surface area contributed by atoms with Crippen molar-refractivity contribution in [3.63, 3.8) is 0 Å². The molecule has 0 saturated carbocycles. The van der Waals surface area contributed by atoms with Crippen molar-refractivity contribution in [3.8, 4) is 5.75 Å². The molecular formula is C13H16F2O2. The van der Waals surface area contributed by atoms with Gasteiger partial charge in [0.15, 0.2) is 5.78 Å². The van der Waals surface area contributed by atoms with Gasteiger partial charge >= 0.3 is 0 Å². The maximum absolute atomic E-state index is 12.8. The van der Waals surface area contributed by atoms with Crippen LogP contribution in [0.1, 0.15) is 48.7 Å². The Balaban J connectivity index is 3.36. The van der Waals surface area contributed by atoms with Crippen molar-refractivity contribution in [2.24, 2.45) is 0 Å². The Morgan fingerprint density at radius 3 is 2.41 bits per heavy atom. The Kier molecular flexibility index (Phi) is 4.61. The predicted molar refractivity (Wildman–Crippen MR) is 62.0 cm³/mol. The number of alkyl halides is 2. The van der Waals surface area contributed by atoms with Gasteiger partial charge in [0.1, 0.15) is 5.75 Å². The van der Waals surface area contributed by atoms with E-state index < -0.39 is 6.43 Å². The normalized spacial score (nSPS) is 10.7. The SMILES string of the molecule is CCOc1cc(CC)c(C(C)=O)cc1C(F)F. The Hall–Kier alpha value is -1.45. The van der Waals surface area contributed by atoms with E-state index in [0.29, 0.717) is 18.6 Å². The molecule has 0 aliphatic carbocycles. The molecule has 0 aliphatic heterocycles. The smallest absolute Gasteiger partial charge is 0.267 e. The molecule has 0 aliphatic rings. The molecule has 0 N–H and O–H groups in total. The molecule has 2 nitrogen and oxygen atoms in total. The fraction of sp³-hybridized carbons (Fsp3) is 0.462. The van der Waals surface area contributed by atoms with E-state index in [0.717, 1.165) is 5.56 Å². The number of carbonyl (C=O) groups excluding carboxylic acids is 1. The first-order valence-electron chi connectivity index (χ1n) is 5.59. The standard InChI is InChI=1S/C13H16F2O2/c1-4-9-6-12(17-5-2)11(13(14)15)7-10(9)8(3)16/h6-7,13H,4-5H2,1-3H3. The third kappa shape index (κ3) is 3.02. The fourth-order valence-corrected chi connectivity index (χ4v) is 1.71. The van der Waals surface area contributed by atoms with Crippen LogP contribution in [0.4, 0.5) is 8.78 Å². The molecule has 0 bridgehead atoms. The van der Waals surface area contributed by atoms with E-state index in [1.165, 1.54) is 13.0 Å². The van der Waals surface area contributed by atoms with Gasteiger partial charge in [-0.2, -0.15) is 0 Å². The van der Waals surface area contributed by atoms with Crippen LogP contribution in [-0.4, -0.2) is 12.4 Å². The Morgan fingerprint density at radius 2 is 2.00 bits per heavy atom. The average molecular weight is 242 g/mol. The second-order valence-corrected chi connectivity index (χ2v) is 3.69. The van der Waals surface area contributed by atoms with Crippen LogP contribution in [0.3, 0.4) is 0 Å². The Labute approximate surface area is 99.6 Å². The van der Waals surface area contributed by atoms with Gasteiger partial charge in [-0.15, -0.1) is 0 Å². The molecule has 4 heteroatoms. The number of carbonyl (C=O) groups is 1. The van der Waals surface area contributed by atoms with Gasteiger partial charge in [0.05, 0.1) is 12.2 Å². The van der Waals surface area contributed by atoms with Gasteiger partial charge < -0.3 is 4.74 Å². The number of aryl methyl sites for hydroxylation is 1. The number of ether oxygens (including phenoxy) is 1. The van der Waals surface area contributed by atoms with Crippen LogP contribution in [0.25, 0.3) is 0 Å². The molecule has 1 aromatic carbocycles. The number of halogens is 2. The molecule has 0 atom stereocenters. The van der Waals surface area contributed by atoms with Crippen molar-refractivity contribution < 1.29 is 18.3 Å². The minimum Gasteiger partial charge on any atom is -0.493 e. The molecular weight excluding hydrogens is 226 g/mol. The minimum atomic E-state index is -2.64. The second-order valence-electron chi connectivity index (χ2n) is 3.69. The summed E-state index contributed by atoms with van der Waals surface area (Å²) in [4.78, 5) is 11.4. The van der Waals surface area contributed by atoms with Crippen molar-refractivity contribution in [3.05, 3.63) is 28.8 Å². The van der Waals surface area contributed by atoms with Crippen LogP contribution in [0.15, 0.2) is 12.1 Å². The molecule has 0 saturated heterocycles. The molecule has 0 fully saturated rings. The van der Waals surface area contributed by atoms with Gasteiger partial charge in [-0.05, 0) is 38.0 Å². The summed E-state index contributed by atoms with van der Waals surface area (Å²) in [6.07, 6.45) is -2.03. The molecule has 0 spiro atoms. The quantitative estimate of drug-likeness (QED) is 0.734. The predicted octanol–water partition coefficient (Wildman–Crippen LogP) is 3.79. The number of Topliss-reactive ketones (excluding diaryl/α,β-unsaturated/α-hetero) is 1. The maximum atomic E-state index is 12.8. The van der Waals surface area contributed by atoms with E-state index in [4.69, 9.17) is 4.74 Å². The van der Waals surface area contributed by atoms with Crippen LogP contribution in [-0.2, 0) is 6.42 Å². The van der Waals surface area contributed by atoms with E-state index in [1.807, 2.05) is 6.92 Å². The topological polar surface area (TPSA) is 26.3 Å². The summed E-state index contributed by atoms with van der Waals surface area (Å²) in [7, 11) is 0. The van der Waals surface area contributed by atoms with E-state index in [2.05, 4.69) is 0 Å². The largest absolute Gasteiger partial charge is 0.493 e. The maximum Gasteiger partial charge on any atom is 0.267 e. The number of hydrogen-bond acceptors (Lipinski definition) is 2. The molecule has 1 aromatic rings. The van der Waals surface area contributed by atoms with Crippen molar-refractivity contribution in [2.75, 3.05) is 6.61 Å².